The van der Waals surface area contributed by atoms with Crippen LogP contribution in [0, 0.1) is 11.6 Å². The van der Waals surface area contributed by atoms with E-state index in [9.17, 15) is 12.8 Å². The third kappa shape index (κ3) is 5.24. The number of aromatic nitrogens is 2. The number of halogens is 2. The fraction of sp³-hybridized carbons (Fsp3) is 0.429. The Bertz CT molecular complexity index is 1510. The lowest BCUT2D eigenvalue weighted by molar-refractivity contribution is 0.0967. The van der Waals surface area contributed by atoms with Crippen molar-refractivity contribution in [2.24, 2.45) is 0 Å². The van der Waals surface area contributed by atoms with Crippen LogP contribution in [0.5, 0.6) is 5.75 Å². The van der Waals surface area contributed by atoms with Gasteiger partial charge in [-0.05, 0) is 62.9 Å². The first-order valence-electron chi connectivity index (χ1n) is 12.7. The van der Waals surface area contributed by atoms with Gasteiger partial charge in [-0.1, -0.05) is 18.2 Å². The summed E-state index contributed by atoms with van der Waals surface area (Å²) >= 11 is 0. The number of hydrogen-bond donors (Lipinski definition) is 0. The Morgan fingerprint density at radius 2 is 1.87 bits per heavy atom. The first-order valence-corrected chi connectivity index (χ1v) is 14.5. The van der Waals surface area contributed by atoms with Crippen LogP contribution in [0.3, 0.4) is 0 Å². The first kappa shape index (κ1) is 26.5. The maximum absolute atomic E-state index is 15.3. The third-order valence-electron chi connectivity index (χ3n) is 7.03. The molecule has 5 rings (SSSR count). The maximum atomic E-state index is 15.3. The summed E-state index contributed by atoms with van der Waals surface area (Å²) in [4.78, 5) is 10.7. The number of hydrogen-bond acceptors (Lipinski definition) is 6. The van der Waals surface area contributed by atoms with E-state index in [1.165, 1.54) is 16.6 Å². The number of sulfonamides is 1. The Balaban J connectivity index is 1.47. The van der Waals surface area contributed by atoms with Crippen molar-refractivity contribution in [3.63, 3.8) is 0 Å². The van der Waals surface area contributed by atoms with Gasteiger partial charge in [-0.25, -0.2) is 27.2 Å². The van der Waals surface area contributed by atoms with Gasteiger partial charge in [0.15, 0.2) is 17.4 Å². The second kappa shape index (κ2) is 9.57. The molecule has 3 aromatic rings. The molecule has 2 aliphatic rings. The SMILES string of the molecule is CC(C)N1CC(C)(C)Oc2c(F)cc(-c3nc(Cc4ccc5c(c4)CN(S(C)(=O)=O)CC5)ncc3F)cc21. The number of fused-ring (bicyclic) bond motifs is 2. The van der Waals surface area contributed by atoms with Crippen LogP contribution in [-0.2, 0) is 29.4 Å². The van der Waals surface area contributed by atoms with Crippen LogP contribution in [0.4, 0.5) is 14.5 Å². The molecule has 0 amide bonds. The second-order valence-electron chi connectivity index (χ2n) is 11.0. The average molecular weight is 543 g/mol. The summed E-state index contributed by atoms with van der Waals surface area (Å²) in [6, 6.07) is 8.97. The van der Waals surface area contributed by atoms with Crippen LogP contribution in [0.1, 0.15) is 50.2 Å². The predicted molar refractivity (Wildman–Crippen MR) is 143 cm³/mol. The van der Waals surface area contributed by atoms with Crippen LogP contribution in [0.2, 0.25) is 0 Å². The summed E-state index contributed by atoms with van der Waals surface area (Å²) < 4.78 is 61.7. The Kier molecular flexibility index (Phi) is 6.67. The molecule has 0 N–H and O–H groups in total. The molecule has 0 bridgehead atoms. The third-order valence-corrected chi connectivity index (χ3v) is 8.28. The summed E-state index contributed by atoms with van der Waals surface area (Å²) in [5, 5.41) is 0. The van der Waals surface area contributed by atoms with Gasteiger partial charge < -0.3 is 9.64 Å². The molecule has 7 nitrogen and oxygen atoms in total. The lowest BCUT2D eigenvalue weighted by atomic mass is 9.97. The summed E-state index contributed by atoms with van der Waals surface area (Å²) in [6.45, 7) is 9.21. The van der Waals surface area contributed by atoms with Gasteiger partial charge in [0, 0.05) is 31.1 Å². The van der Waals surface area contributed by atoms with Crippen molar-refractivity contribution in [2.45, 2.75) is 58.7 Å². The number of benzene rings is 2. The molecule has 0 saturated heterocycles. The average Bonchev–Trinajstić information content (AvgIpc) is 2.83. The Morgan fingerprint density at radius 1 is 1.11 bits per heavy atom. The molecule has 0 radical (unpaired) electrons. The standard InChI is InChI=1S/C28H32F2N4O3S/c1-17(2)34-16-28(3,4)37-27-22(29)12-20(13-24(27)34)26-23(30)14-31-25(32-26)11-18-6-7-19-8-9-33(38(5,35)36)15-21(19)10-18/h6-7,10,12-14,17H,8-9,11,15-16H2,1-5H3. The van der Waals surface area contributed by atoms with E-state index in [-0.39, 0.29) is 17.5 Å². The maximum Gasteiger partial charge on any atom is 0.211 e. The molecule has 38 heavy (non-hydrogen) atoms. The largest absolute Gasteiger partial charge is 0.481 e. The second-order valence-corrected chi connectivity index (χ2v) is 13.0. The topological polar surface area (TPSA) is 75.6 Å². The smallest absolute Gasteiger partial charge is 0.211 e. The van der Waals surface area contributed by atoms with Gasteiger partial charge in [-0.3, -0.25) is 0 Å². The van der Waals surface area contributed by atoms with Crippen LogP contribution in [-0.4, -0.2) is 53.7 Å². The minimum Gasteiger partial charge on any atom is -0.481 e. The van der Waals surface area contributed by atoms with Crippen molar-refractivity contribution in [1.82, 2.24) is 14.3 Å². The van der Waals surface area contributed by atoms with E-state index < -0.39 is 27.3 Å². The molecule has 10 heteroatoms. The molecule has 0 spiro atoms. The summed E-state index contributed by atoms with van der Waals surface area (Å²) in [5.41, 5.74) is 3.26. The molecule has 0 fully saturated rings. The van der Waals surface area contributed by atoms with Crippen molar-refractivity contribution in [3.8, 4) is 17.0 Å². The van der Waals surface area contributed by atoms with Crippen LogP contribution < -0.4 is 9.64 Å². The van der Waals surface area contributed by atoms with Crippen LogP contribution in [0.15, 0.2) is 36.5 Å². The highest BCUT2D eigenvalue weighted by atomic mass is 32.2. The van der Waals surface area contributed by atoms with Gasteiger partial charge in [0.25, 0.3) is 0 Å². The highest BCUT2D eigenvalue weighted by Gasteiger charge is 2.35. The van der Waals surface area contributed by atoms with Crippen molar-refractivity contribution in [1.29, 1.82) is 0 Å². The number of ether oxygens (including phenoxy) is 1. The number of nitrogens with zero attached hydrogens (tertiary/aromatic N) is 4. The van der Waals surface area contributed by atoms with Crippen molar-refractivity contribution >= 4 is 15.7 Å². The van der Waals surface area contributed by atoms with Gasteiger partial charge in [0.05, 0.1) is 24.7 Å². The zero-order valence-corrected chi connectivity index (χ0v) is 23.1. The molecule has 1 aromatic heterocycles. The number of anilines is 1. The molecular weight excluding hydrogens is 510 g/mol. The van der Waals surface area contributed by atoms with E-state index in [1.54, 1.807) is 6.07 Å². The van der Waals surface area contributed by atoms with Crippen molar-refractivity contribution in [2.75, 3.05) is 24.2 Å². The highest BCUT2D eigenvalue weighted by Crippen LogP contribution is 2.42. The molecule has 0 aliphatic carbocycles. The van der Waals surface area contributed by atoms with Crippen molar-refractivity contribution < 1.29 is 21.9 Å². The van der Waals surface area contributed by atoms with Crippen LogP contribution >= 0.6 is 0 Å². The van der Waals surface area contributed by atoms with Gasteiger partial charge >= 0.3 is 0 Å². The van der Waals surface area contributed by atoms with Crippen LogP contribution in [0.25, 0.3) is 11.3 Å². The van der Waals surface area contributed by atoms with E-state index in [2.05, 4.69) is 14.9 Å². The van der Waals surface area contributed by atoms with E-state index >= 15 is 4.39 Å². The van der Waals surface area contributed by atoms with E-state index in [1.807, 2.05) is 45.9 Å². The minimum atomic E-state index is -3.28. The lowest BCUT2D eigenvalue weighted by Crippen LogP contribution is -2.49. The summed E-state index contributed by atoms with van der Waals surface area (Å²) in [5.74, 6) is -0.671. The Hall–Kier alpha value is -3.11. The first-order chi connectivity index (χ1) is 17.8. The number of rotatable bonds is 5. The summed E-state index contributed by atoms with van der Waals surface area (Å²) in [6.07, 6.45) is 3.30. The van der Waals surface area contributed by atoms with E-state index in [4.69, 9.17) is 4.74 Å². The zero-order valence-electron chi connectivity index (χ0n) is 22.3. The molecular formula is C28H32F2N4O3S. The normalized spacial score (nSPS) is 17.2. The van der Waals surface area contributed by atoms with Gasteiger partial charge in [-0.2, -0.15) is 4.31 Å². The van der Waals surface area contributed by atoms with E-state index in [0.717, 1.165) is 22.9 Å². The van der Waals surface area contributed by atoms with Gasteiger partial charge in [0.2, 0.25) is 10.0 Å². The fourth-order valence-corrected chi connectivity index (χ4v) is 5.94. The Morgan fingerprint density at radius 3 is 2.58 bits per heavy atom. The zero-order chi connectivity index (χ0) is 27.4. The minimum absolute atomic E-state index is 0.0199. The molecule has 2 aliphatic heterocycles. The molecule has 3 heterocycles. The Labute approximate surface area is 222 Å². The predicted octanol–water partition coefficient (Wildman–Crippen LogP) is 4.72. The molecule has 202 valence electrons. The van der Waals surface area contributed by atoms with E-state index in [0.29, 0.717) is 49.6 Å². The van der Waals surface area contributed by atoms with Gasteiger partial charge in [-0.15, -0.1) is 0 Å². The molecule has 0 atom stereocenters. The molecule has 2 aromatic carbocycles. The monoisotopic (exact) mass is 542 g/mol. The highest BCUT2D eigenvalue weighted by molar-refractivity contribution is 7.88. The molecule has 0 saturated carbocycles. The van der Waals surface area contributed by atoms with Crippen molar-refractivity contribution in [3.05, 3.63) is 70.7 Å². The lowest BCUT2D eigenvalue weighted by Gasteiger charge is -2.43. The quantitative estimate of drug-likeness (QED) is 0.465. The van der Waals surface area contributed by atoms with Gasteiger partial charge in [0.1, 0.15) is 17.1 Å². The summed E-state index contributed by atoms with van der Waals surface area (Å²) in [7, 11) is -3.28. The molecule has 0 unspecified atom stereocenters. The fourth-order valence-electron chi connectivity index (χ4n) is 5.15.